The molecule has 2 heterocycles. The van der Waals surface area contributed by atoms with Crippen molar-refractivity contribution >= 4 is 40.4 Å². The van der Waals surface area contributed by atoms with E-state index in [2.05, 4.69) is 34.2 Å². The number of rotatable bonds is 7. The van der Waals surface area contributed by atoms with Gasteiger partial charge in [-0.05, 0) is 32.0 Å². The quantitative estimate of drug-likeness (QED) is 0.719. The molecule has 0 unspecified atom stereocenters. The van der Waals surface area contributed by atoms with Gasteiger partial charge in [-0.15, -0.1) is 11.3 Å². The molecule has 2 aromatic heterocycles. The molecule has 0 radical (unpaired) electrons. The average Bonchev–Trinajstić information content (AvgIpc) is 3.33. The highest BCUT2D eigenvalue weighted by molar-refractivity contribution is 7.20. The fraction of sp³-hybridized carbons (Fsp3) is 0.588. The molecule has 1 N–H and O–H groups in total. The number of amides is 1. The van der Waals surface area contributed by atoms with Crippen LogP contribution in [0.15, 0.2) is 10.6 Å². The lowest BCUT2D eigenvalue weighted by atomic mass is 9.96. The Morgan fingerprint density at radius 3 is 2.62 bits per heavy atom. The van der Waals surface area contributed by atoms with E-state index < -0.39 is 5.54 Å². The van der Waals surface area contributed by atoms with E-state index in [4.69, 9.17) is 27.7 Å². The first-order valence-corrected chi connectivity index (χ1v) is 10.4. The maximum absolute atomic E-state index is 12.7. The Hall–Kier alpha value is -1.15. The molecule has 9 heteroatoms. The summed E-state index contributed by atoms with van der Waals surface area (Å²) in [6, 6.07) is 1.59. The molecular weight excluding hydrogens is 395 g/mol. The summed E-state index contributed by atoms with van der Waals surface area (Å²) < 4.78 is 6.33. The van der Waals surface area contributed by atoms with Gasteiger partial charge in [0.2, 0.25) is 5.89 Å². The topological polar surface area (TPSA) is 71.3 Å². The van der Waals surface area contributed by atoms with Crippen LogP contribution in [0.2, 0.25) is 8.67 Å². The fourth-order valence-electron chi connectivity index (χ4n) is 3.31. The molecule has 0 aliphatic heterocycles. The van der Waals surface area contributed by atoms with E-state index in [1.807, 2.05) is 0 Å². The van der Waals surface area contributed by atoms with Crippen LogP contribution in [0.25, 0.3) is 0 Å². The normalized spacial score (nSPS) is 16.3. The van der Waals surface area contributed by atoms with Crippen molar-refractivity contribution in [2.45, 2.75) is 51.6 Å². The van der Waals surface area contributed by atoms with Gasteiger partial charge in [0.15, 0.2) is 5.82 Å². The van der Waals surface area contributed by atoms with E-state index in [1.54, 1.807) is 6.07 Å². The SMILES string of the molecule is CCN(CC)Cc1nc(C2(NC(=O)c3cc(Cl)sc3Cl)CCCC2)no1. The summed E-state index contributed by atoms with van der Waals surface area (Å²) in [5.74, 6) is 0.860. The van der Waals surface area contributed by atoms with E-state index in [1.165, 1.54) is 11.3 Å². The lowest BCUT2D eigenvalue weighted by Gasteiger charge is -2.26. The van der Waals surface area contributed by atoms with Gasteiger partial charge in [0.05, 0.1) is 16.4 Å². The minimum Gasteiger partial charge on any atom is -0.339 e. The Morgan fingerprint density at radius 2 is 2.04 bits per heavy atom. The van der Waals surface area contributed by atoms with Crippen molar-refractivity contribution in [1.29, 1.82) is 0 Å². The molecule has 1 aliphatic rings. The van der Waals surface area contributed by atoms with Crippen molar-refractivity contribution < 1.29 is 9.32 Å². The van der Waals surface area contributed by atoms with Gasteiger partial charge in [-0.25, -0.2) is 0 Å². The molecule has 2 aromatic rings. The first kappa shape index (κ1) is 19.6. The average molecular weight is 417 g/mol. The number of nitrogens with zero attached hydrogens (tertiary/aromatic N) is 3. The van der Waals surface area contributed by atoms with Crippen LogP contribution in [0, 0.1) is 0 Å². The van der Waals surface area contributed by atoms with Crippen LogP contribution in [-0.2, 0) is 12.1 Å². The van der Waals surface area contributed by atoms with Crippen LogP contribution < -0.4 is 5.32 Å². The fourth-order valence-corrected chi connectivity index (χ4v) is 4.77. The molecule has 0 saturated heterocycles. The summed E-state index contributed by atoms with van der Waals surface area (Å²) in [4.78, 5) is 19.5. The van der Waals surface area contributed by atoms with Crippen molar-refractivity contribution in [1.82, 2.24) is 20.4 Å². The summed E-state index contributed by atoms with van der Waals surface area (Å²) in [5, 5.41) is 7.28. The van der Waals surface area contributed by atoms with Gasteiger partial charge in [-0.1, -0.05) is 55.0 Å². The third-order valence-corrected chi connectivity index (χ3v) is 6.35. The molecule has 142 valence electrons. The van der Waals surface area contributed by atoms with Crippen molar-refractivity contribution in [3.63, 3.8) is 0 Å². The Kier molecular flexibility index (Phi) is 6.22. The van der Waals surface area contributed by atoms with Crippen molar-refractivity contribution in [3.05, 3.63) is 32.0 Å². The number of thiophene rings is 1. The molecule has 0 aromatic carbocycles. The zero-order valence-electron chi connectivity index (χ0n) is 14.8. The van der Waals surface area contributed by atoms with Gasteiger partial charge < -0.3 is 9.84 Å². The molecule has 0 atom stereocenters. The Bertz CT molecular complexity index is 767. The van der Waals surface area contributed by atoms with E-state index in [0.29, 0.717) is 32.5 Å². The van der Waals surface area contributed by atoms with E-state index in [9.17, 15) is 4.79 Å². The largest absolute Gasteiger partial charge is 0.339 e. The van der Waals surface area contributed by atoms with Crippen LogP contribution >= 0.6 is 34.5 Å². The summed E-state index contributed by atoms with van der Waals surface area (Å²) in [5.41, 5.74) is -0.223. The van der Waals surface area contributed by atoms with Crippen LogP contribution in [0.5, 0.6) is 0 Å². The maximum Gasteiger partial charge on any atom is 0.254 e. The van der Waals surface area contributed by atoms with Gasteiger partial charge in [-0.2, -0.15) is 4.98 Å². The molecule has 1 amide bonds. The Morgan fingerprint density at radius 1 is 1.35 bits per heavy atom. The Balaban J connectivity index is 1.81. The van der Waals surface area contributed by atoms with Crippen molar-refractivity contribution in [2.24, 2.45) is 0 Å². The molecule has 3 rings (SSSR count). The number of hydrogen-bond donors (Lipinski definition) is 1. The van der Waals surface area contributed by atoms with Crippen LogP contribution in [0.4, 0.5) is 0 Å². The van der Waals surface area contributed by atoms with E-state index >= 15 is 0 Å². The minimum absolute atomic E-state index is 0.254. The monoisotopic (exact) mass is 416 g/mol. The molecule has 1 saturated carbocycles. The number of carbonyl (C=O) groups excluding carboxylic acids is 1. The maximum atomic E-state index is 12.7. The van der Waals surface area contributed by atoms with Crippen molar-refractivity contribution in [3.8, 4) is 0 Å². The molecule has 6 nitrogen and oxygen atoms in total. The van der Waals surface area contributed by atoms with E-state index in [-0.39, 0.29) is 5.91 Å². The first-order chi connectivity index (χ1) is 12.5. The summed E-state index contributed by atoms with van der Waals surface area (Å²) in [7, 11) is 0. The predicted molar refractivity (Wildman–Crippen MR) is 103 cm³/mol. The third-order valence-electron chi connectivity index (χ3n) is 4.86. The highest BCUT2D eigenvalue weighted by atomic mass is 35.5. The van der Waals surface area contributed by atoms with Gasteiger partial charge in [-0.3, -0.25) is 9.69 Å². The van der Waals surface area contributed by atoms with Crippen LogP contribution in [-0.4, -0.2) is 34.0 Å². The number of carbonyl (C=O) groups is 1. The standard InChI is InChI=1S/C17H22Cl2N4O2S/c1-3-23(4-2)10-13-20-16(22-25-13)17(7-5-6-8-17)21-15(24)11-9-12(18)26-14(11)19/h9H,3-8,10H2,1-2H3,(H,21,24). The molecule has 1 fully saturated rings. The molecule has 0 spiro atoms. The summed E-state index contributed by atoms with van der Waals surface area (Å²) in [6.45, 7) is 6.61. The summed E-state index contributed by atoms with van der Waals surface area (Å²) >= 11 is 13.3. The van der Waals surface area contributed by atoms with Gasteiger partial charge in [0, 0.05) is 0 Å². The zero-order valence-corrected chi connectivity index (χ0v) is 17.2. The van der Waals surface area contributed by atoms with Gasteiger partial charge in [0.25, 0.3) is 5.91 Å². The zero-order chi connectivity index (χ0) is 18.7. The molecule has 1 aliphatic carbocycles. The number of halogens is 2. The van der Waals surface area contributed by atoms with Crippen molar-refractivity contribution in [2.75, 3.05) is 13.1 Å². The molecule has 0 bridgehead atoms. The predicted octanol–water partition coefficient (Wildman–Crippen LogP) is 4.48. The number of nitrogens with one attached hydrogen (secondary N) is 1. The second kappa shape index (κ2) is 8.25. The minimum atomic E-state index is -0.611. The van der Waals surface area contributed by atoms with Gasteiger partial charge >= 0.3 is 0 Å². The van der Waals surface area contributed by atoms with Gasteiger partial charge in [0.1, 0.15) is 9.88 Å². The van der Waals surface area contributed by atoms with E-state index in [0.717, 1.165) is 38.8 Å². The second-order valence-corrected chi connectivity index (χ2v) is 8.74. The third kappa shape index (κ3) is 4.06. The van der Waals surface area contributed by atoms with Crippen LogP contribution in [0.1, 0.15) is 61.6 Å². The highest BCUT2D eigenvalue weighted by Gasteiger charge is 2.42. The molecule has 26 heavy (non-hydrogen) atoms. The lowest BCUT2D eigenvalue weighted by Crippen LogP contribution is -2.44. The number of hydrogen-bond acceptors (Lipinski definition) is 6. The first-order valence-electron chi connectivity index (χ1n) is 8.80. The summed E-state index contributed by atoms with van der Waals surface area (Å²) in [6.07, 6.45) is 3.55. The highest BCUT2D eigenvalue weighted by Crippen LogP contribution is 2.39. The Labute approximate surface area is 166 Å². The smallest absolute Gasteiger partial charge is 0.254 e. The lowest BCUT2D eigenvalue weighted by molar-refractivity contribution is 0.0892. The van der Waals surface area contributed by atoms with Crippen LogP contribution in [0.3, 0.4) is 0 Å². The number of aromatic nitrogens is 2. The second-order valence-electron chi connectivity index (χ2n) is 6.45. The molecular formula is C17H22Cl2N4O2S.